The topological polar surface area (TPSA) is 90.4 Å². The molecule has 152 valence electrons. The van der Waals surface area contributed by atoms with Crippen LogP contribution in [0.5, 0.6) is 0 Å². The molecule has 0 atom stereocenters. The van der Waals surface area contributed by atoms with Gasteiger partial charge in [-0.3, -0.25) is 15.4 Å². The van der Waals surface area contributed by atoms with Gasteiger partial charge in [0.15, 0.2) is 0 Å². The molecule has 1 fully saturated rings. The number of hydrogen-bond donors (Lipinski definition) is 3. The van der Waals surface area contributed by atoms with Crippen LogP contribution in [-0.4, -0.2) is 27.4 Å². The molecule has 0 unspecified atom stereocenters. The van der Waals surface area contributed by atoms with E-state index >= 15 is 0 Å². The third-order valence-corrected chi connectivity index (χ3v) is 4.67. The number of pyridine rings is 1. The molecule has 0 aliphatic heterocycles. The highest BCUT2D eigenvalue weighted by molar-refractivity contribution is 6.30. The van der Waals surface area contributed by atoms with Gasteiger partial charge in [0.05, 0.1) is 0 Å². The maximum atomic E-state index is 12.1. The smallest absolute Gasteiger partial charge is 0.357 e. The van der Waals surface area contributed by atoms with E-state index in [1.807, 2.05) is 18.3 Å². The Morgan fingerprint density at radius 2 is 1.93 bits per heavy atom. The van der Waals surface area contributed by atoms with Gasteiger partial charge in [0, 0.05) is 25.4 Å². The van der Waals surface area contributed by atoms with Gasteiger partial charge in [0.1, 0.15) is 22.0 Å². The second kappa shape index (κ2) is 9.68. The first-order chi connectivity index (χ1) is 13.2. The molecule has 0 radical (unpaired) electrons. The van der Waals surface area contributed by atoms with E-state index in [4.69, 9.17) is 22.4 Å². The van der Waals surface area contributed by atoms with E-state index in [0.29, 0.717) is 23.4 Å². The van der Waals surface area contributed by atoms with Crippen molar-refractivity contribution in [3.05, 3.63) is 46.8 Å². The Labute approximate surface area is 165 Å². The van der Waals surface area contributed by atoms with E-state index < -0.39 is 16.9 Å². The van der Waals surface area contributed by atoms with Gasteiger partial charge in [-0.25, -0.2) is 9.97 Å². The van der Waals surface area contributed by atoms with Gasteiger partial charge in [-0.05, 0) is 25.0 Å². The van der Waals surface area contributed by atoms with Gasteiger partial charge in [-0.2, -0.15) is 13.2 Å². The van der Waals surface area contributed by atoms with Crippen molar-refractivity contribution in [1.29, 1.82) is 10.8 Å². The fourth-order valence-corrected chi connectivity index (χ4v) is 3.13. The standard InChI is InChI=1S/C12H17N3.C6H5ClF3N3/c13-11-8-4-5-9-15(11)12(14)10-6-2-1-3-7-10;1-11-5-12-2-3(4(7)13-5)6(8,9)10/h4-5,8-10,13-14H,1-3,6-7H2;2H,1H3,(H,11,12,13). The maximum Gasteiger partial charge on any atom is 0.420 e. The molecule has 3 rings (SSSR count). The molecular formula is C18H22ClF3N6. The lowest BCUT2D eigenvalue weighted by atomic mass is 9.88. The zero-order valence-electron chi connectivity index (χ0n) is 15.4. The number of rotatable bonds is 2. The minimum atomic E-state index is -4.51. The fourth-order valence-electron chi connectivity index (χ4n) is 2.90. The van der Waals surface area contributed by atoms with Crippen LogP contribution >= 0.6 is 11.6 Å². The summed E-state index contributed by atoms with van der Waals surface area (Å²) in [6.07, 6.45) is 3.93. The Morgan fingerprint density at radius 1 is 1.25 bits per heavy atom. The number of aromatic nitrogens is 3. The minimum Gasteiger partial charge on any atom is -0.357 e. The number of nitrogens with zero attached hydrogens (tertiary/aromatic N) is 3. The molecule has 2 heterocycles. The quantitative estimate of drug-likeness (QED) is 0.382. The summed E-state index contributed by atoms with van der Waals surface area (Å²) in [5.41, 5.74) is -0.624. The lowest BCUT2D eigenvalue weighted by Crippen LogP contribution is -2.31. The molecule has 28 heavy (non-hydrogen) atoms. The number of halogens is 4. The third-order valence-electron chi connectivity index (χ3n) is 4.38. The van der Waals surface area contributed by atoms with Crippen LogP contribution < -0.4 is 10.8 Å². The largest absolute Gasteiger partial charge is 0.420 e. The maximum absolute atomic E-state index is 12.1. The Morgan fingerprint density at radius 3 is 2.46 bits per heavy atom. The van der Waals surface area contributed by atoms with Crippen molar-refractivity contribution in [1.82, 2.24) is 14.5 Å². The van der Waals surface area contributed by atoms with E-state index in [9.17, 15) is 13.2 Å². The van der Waals surface area contributed by atoms with Crippen LogP contribution in [0, 0.1) is 16.7 Å². The number of anilines is 1. The molecule has 6 nitrogen and oxygen atoms in total. The summed E-state index contributed by atoms with van der Waals surface area (Å²) in [6, 6.07) is 5.46. The SMILES string of the molecule is CNc1ncc(C(F)(F)F)c(Cl)n1.N=C(C1CCCCC1)n1ccccc1=N. The highest BCUT2D eigenvalue weighted by atomic mass is 35.5. The first-order valence-electron chi connectivity index (χ1n) is 8.82. The predicted molar refractivity (Wildman–Crippen MR) is 102 cm³/mol. The molecule has 2 aromatic rings. The van der Waals surface area contributed by atoms with Crippen molar-refractivity contribution in [2.24, 2.45) is 5.92 Å². The Hall–Kier alpha value is -2.42. The van der Waals surface area contributed by atoms with Crippen molar-refractivity contribution in [2.75, 3.05) is 12.4 Å². The molecule has 0 spiro atoms. The van der Waals surface area contributed by atoms with E-state index in [1.165, 1.54) is 26.3 Å². The van der Waals surface area contributed by atoms with Gasteiger partial charge in [-0.1, -0.05) is 36.9 Å². The first kappa shape index (κ1) is 21.9. The van der Waals surface area contributed by atoms with Gasteiger partial charge in [0.25, 0.3) is 0 Å². The average molecular weight is 415 g/mol. The van der Waals surface area contributed by atoms with Crippen molar-refractivity contribution in [3.63, 3.8) is 0 Å². The summed E-state index contributed by atoms with van der Waals surface area (Å²) in [7, 11) is 1.49. The molecule has 0 saturated heterocycles. The summed E-state index contributed by atoms with van der Waals surface area (Å²) in [6.45, 7) is 0. The van der Waals surface area contributed by atoms with Crippen molar-refractivity contribution in [2.45, 2.75) is 38.3 Å². The number of hydrogen-bond acceptors (Lipinski definition) is 5. The van der Waals surface area contributed by atoms with E-state index in [-0.39, 0.29) is 5.95 Å². The molecule has 2 aromatic heterocycles. The molecule has 1 saturated carbocycles. The molecular weight excluding hydrogens is 393 g/mol. The predicted octanol–water partition coefficient (Wildman–Crippen LogP) is 4.56. The van der Waals surface area contributed by atoms with Crippen LogP contribution in [0.2, 0.25) is 5.15 Å². The second-order valence-corrected chi connectivity index (χ2v) is 6.68. The van der Waals surface area contributed by atoms with Crippen molar-refractivity contribution < 1.29 is 13.2 Å². The molecule has 0 amide bonds. The highest BCUT2D eigenvalue weighted by Gasteiger charge is 2.34. The Balaban J connectivity index is 0.000000203. The van der Waals surface area contributed by atoms with Crippen LogP contribution in [0.1, 0.15) is 37.7 Å². The first-order valence-corrected chi connectivity index (χ1v) is 9.20. The average Bonchev–Trinajstić information content (AvgIpc) is 2.68. The van der Waals surface area contributed by atoms with E-state index in [1.54, 1.807) is 10.6 Å². The van der Waals surface area contributed by atoms with Crippen LogP contribution in [0.15, 0.2) is 30.6 Å². The van der Waals surface area contributed by atoms with Gasteiger partial charge >= 0.3 is 6.18 Å². The van der Waals surface area contributed by atoms with E-state index in [0.717, 1.165) is 12.8 Å². The summed E-state index contributed by atoms with van der Waals surface area (Å²) in [5, 5.41) is 17.7. The lowest BCUT2D eigenvalue weighted by molar-refractivity contribution is -0.137. The molecule has 0 aromatic carbocycles. The molecule has 0 bridgehead atoms. The van der Waals surface area contributed by atoms with Crippen LogP contribution in [0.3, 0.4) is 0 Å². The summed E-state index contributed by atoms with van der Waals surface area (Å²) in [4.78, 5) is 6.78. The minimum absolute atomic E-state index is 0.0537. The zero-order valence-corrected chi connectivity index (χ0v) is 16.1. The van der Waals surface area contributed by atoms with Crippen LogP contribution in [0.25, 0.3) is 0 Å². The summed E-state index contributed by atoms with van der Waals surface area (Å²) >= 11 is 5.28. The molecule has 1 aliphatic rings. The highest BCUT2D eigenvalue weighted by Crippen LogP contribution is 2.33. The second-order valence-electron chi connectivity index (χ2n) is 6.32. The van der Waals surface area contributed by atoms with E-state index in [2.05, 4.69) is 15.3 Å². The van der Waals surface area contributed by atoms with Crippen LogP contribution in [0.4, 0.5) is 19.1 Å². The van der Waals surface area contributed by atoms with Gasteiger partial charge in [0.2, 0.25) is 5.95 Å². The van der Waals surface area contributed by atoms with Gasteiger partial charge in [-0.15, -0.1) is 0 Å². The van der Waals surface area contributed by atoms with Crippen molar-refractivity contribution >= 4 is 23.4 Å². The summed E-state index contributed by atoms with van der Waals surface area (Å²) < 4.78 is 38.0. The molecule has 1 aliphatic carbocycles. The molecule has 10 heteroatoms. The van der Waals surface area contributed by atoms with Crippen molar-refractivity contribution in [3.8, 4) is 0 Å². The van der Waals surface area contributed by atoms with Crippen LogP contribution in [-0.2, 0) is 6.18 Å². The van der Waals surface area contributed by atoms with Gasteiger partial charge < -0.3 is 5.32 Å². The number of alkyl halides is 3. The fraction of sp³-hybridized carbons (Fsp3) is 0.444. The zero-order chi connectivity index (χ0) is 20.7. The Kier molecular flexibility index (Phi) is 7.56. The monoisotopic (exact) mass is 414 g/mol. The normalized spacial score (nSPS) is 14.8. The third kappa shape index (κ3) is 5.79. The lowest BCUT2D eigenvalue weighted by Gasteiger charge is -2.23. The Bertz CT molecular complexity index is 859. The summed E-state index contributed by atoms with van der Waals surface area (Å²) in [5.74, 6) is 1.01. The molecule has 3 N–H and O–H groups in total. The number of nitrogens with one attached hydrogen (secondary N) is 3.